The van der Waals surface area contributed by atoms with Crippen molar-refractivity contribution in [3.63, 3.8) is 0 Å². The first kappa shape index (κ1) is 16.9. The fourth-order valence-corrected chi connectivity index (χ4v) is 2.78. The van der Waals surface area contributed by atoms with Gasteiger partial charge in [-0.15, -0.1) is 0 Å². The number of nitrogens with zero attached hydrogens (tertiary/aromatic N) is 1. The number of nitrogens with two attached hydrogens (primary N) is 1. The summed E-state index contributed by atoms with van der Waals surface area (Å²) < 4.78 is 60.5. The summed E-state index contributed by atoms with van der Waals surface area (Å²) in [6, 6.07) is 6.07. The molecular formula is C11H13F3N2O2S2. The third-order valence-electron chi connectivity index (χ3n) is 2.44. The summed E-state index contributed by atoms with van der Waals surface area (Å²) in [5, 5.41) is 0. The van der Waals surface area contributed by atoms with E-state index in [1.165, 1.54) is 12.1 Å². The molecule has 0 spiro atoms. The monoisotopic (exact) mass is 326 g/mol. The average molecular weight is 326 g/mol. The molecular weight excluding hydrogens is 313 g/mol. The lowest BCUT2D eigenvalue weighted by molar-refractivity contribution is -0.134. The minimum absolute atomic E-state index is 0.0906. The van der Waals surface area contributed by atoms with Gasteiger partial charge in [0.1, 0.15) is 11.5 Å². The SMILES string of the molecule is CN(CC(F)(F)F)S(=O)(=O)Cc1cccc(C(N)=S)c1. The first-order chi connectivity index (χ1) is 9.01. The van der Waals surface area contributed by atoms with Crippen LogP contribution in [0.25, 0.3) is 0 Å². The third kappa shape index (κ3) is 5.06. The molecule has 0 aliphatic carbocycles. The van der Waals surface area contributed by atoms with Crippen LogP contribution in [0.2, 0.25) is 0 Å². The number of rotatable bonds is 5. The summed E-state index contributed by atoms with van der Waals surface area (Å²) in [4.78, 5) is 0.0906. The van der Waals surface area contributed by atoms with Gasteiger partial charge in [-0.3, -0.25) is 0 Å². The van der Waals surface area contributed by atoms with Crippen LogP contribution in [0.1, 0.15) is 11.1 Å². The Hall–Kier alpha value is -1.19. The maximum absolute atomic E-state index is 12.2. The molecule has 20 heavy (non-hydrogen) atoms. The lowest BCUT2D eigenvalue weighted by atomic mass is 10.1. The van der Waals surface area contributed by atoms with Gasteiger partial charge in [0.25, 0.3) is 0 Å². The van der Waals surface area contributed by atoms with E-state index < -0.39 is 28.5 Å². The van der Waals surface area contributed by atoms with Gasteiger partial charge >= 0.3 is 6.18 Å². The van der Waals surface area contributed by atoms with Gasteiger partial charge in [-0.1, -0.05) is 30.4 Å². The molecule has 0 radical (unpaired) electrons. The number of sulfonamides is 1. The van der Waals surface area contributed by atoms with Crippen LogP contribution in [-0.2, 0) is 15.8 Å². The summed E-state index contributed by atoms with van der Waals surface area (Å²) in [5.74, 6) is -0.546. The average Bonchev–Trinajstić information content (AvgIpc) is 2.26. The van der Waals surface area contributed by atoms with Crippen molar-refractivity contribution in [3.05, 3.63) is 35.4 Å². The topological polar surface area (TPSA) is 63.4 Å². The predicted molar refractivity (Wildman–Crippen MR) is 73.6 cm³/mol. The van der Waals surface area contributed by atoms with Crippen LogP contribution in [-0.4, -0.2) is 37.5 Å². The van der Waals surface area contributed by atoms with Gasteiger partial charge in [0.2, 0.25) is 10.0 Å². The smallest absolute Gasteiger partial charge is 0.389 e. The molecule has 0 heterocycles. The maximum atomic E-state index is 12.2. The van der Waals surface area contributed by atoms with Crippen molar-refractivity contribution in [2.45, 2.75) is 11.9 Å². The number of hydrogen-bond donors (Lipinski definition) is 1. The highest BCUT2D eigenvalue weighted by molar-refractivity contribution is 7.88. The molecule has 0 aliphatic rings. The fraction of sp³-hybridized carbons (Fsp3) is 0.364. The zero-order valence-electron chi connectivity index (χ0n) is 10.5. The number of halogens is 3. The summed E-state index contributed by atoms with van der Waals surface area (Å²) >= 11 is 4.76. The fourth-order valence-electron chi connectivity index (χ4n) is 1.49. The summed E-state index contributed by atoms with van der Waals surface area (Å²) in [5.41, 5.74) is 6.20. The molecule has 9 heteroatoms. The van der Waals surface area contributed by atoms with Crippen LogP contribution >= 0.6 is 12.2 Å². The van der Waals surface area contributed by atoms with E-state index in [1.54, 1.807) is 12.1 Å². The Balaban J connectivity index is 2.91. The van der Waals surface area contributed by atoms with E-state index in [1.807, 2.05) is 0 Å². The van der Waals surface area contributed by atoms with Crippen molar-refractivity contribution in [1.82, 2.24) is 4.31 Å². The predicted octanol–water partition coefficient (Wildman–Crippen LogP) is 1.64. The largest absolute Gasteiger partial charge is 0.402 e. The normalized spacial score (nSPS) is 12.7. The second kappa shape index (κ2) is 6.06. The molecule has 4 nitrogen and oxygen atoms in total. The Morgan fingerprint density at radius 1 is 1.40 bits per heavy atom. The first-order valence-electron chi connectivity index (χ1n) is 5.41. The second-order valence-electron chi connectivity index (χ2n) is 4.19. The van der Waals surface area contributed by atoms with E-state index in [4.69, 9.17) is 18.0 Å². The summed E-state index contributed by atoms with van der Waals surface area (Å²) in [7, 11) is -3.17. The van der Waals surface area contributed by atoms with E-state index in [9.17, 15) is 21.6 Å². The molecule has 0 aromatic heterocycles. The summed E-state index contributed by atoms with van der Waals surface area (Å²) in [6.45, 7) is -1.52. The van der Waals surface area contributed by atoms with Crippen molar-refractivity contribution in [2.24, 2.45) is 5.73 Å². The second-order valence-corrected chi connectivity index (χ2v) is 6.71. The lowest BCUT2D eigenvalue weighted by Crippen LogP contribution is -2.36. The van der Waals surface area contributed by atoms with Crippen LogP contribution in [0.15, 0.2) is 24.3 Å². The molecule has 1 aromatic carbocycles. The summed E-state index contributed by atoms with van der Waals surface area (Å²) in [6.07, 6.45) is -4.58. The van der Waals surface area contributed by atoms with E-state index in [2.05, 4.69) is 0 Å². The standard InChI is InChI=1S/C11H13F3N2O2S2/c1-16(7-11(12,13)14)20(17,18)6-8-3-2-4-9(5-8)10(15)19/h2-5H,6-7H2,1H3,(H2,15,19). The number of alkyl halides is 3. The van der Waals surface area contributed by atoms with Crippen molar-refractivity contribution in [1.29, 1.82) is 0 Å². The van der Waals surface area contributed by atoms with Crippen LogP contribution in [0.4, 0.5) is 13.2 Å². The highest BCUT2D eigenvalue weighted by Crippen LogP contribution is 2.19. The Bertz CT molecular complexity index is 600. The molecule has 0 unspecified atom stereocenters. The minimum Gasteiger partial charge on any atom is -0.389 e. The Labute approximate surface area is 120 Å². The number of benzene rings is 1. The van der Waals surface area contributed by atoms with Gasteiger partial charge in [0.15, 0.2) is 0 Å². The van der Waals surface area contributed by atoms with E-state index >= 15 is 0 Å². The molecule has 0 atom stereocenters. The zero-order valence-corrected chi connectivity index (χ0v) is 12.1. The van der Waals surface area contributed by atoms with Crippen LogP contribution in [0.3, 0.4) is 0 Å². The van der Waals surface area contributed by atoms with Gasteiger partial charge in [-0.2, -0.15) is 17.5 Å². The Morgan fingerprint density at radius 3 is 2.50 bits per heavy atom. The molecule has 0 saturated heterocycles. The van der Waals surface area contributed by atoms with Crippen LogP contribution in [0, 0.1) is 0 Å². The number of hydrogen-bond acceptors (Lipinski definition) is 3. The Kier molecular flexibility index (Phi) is 5.11. The van der Waals surface area contributed by atoms with Crippen molar-refractivity contribution in [2.75, 3.05) is 13.6 Å². The van der Waals surface area contributed by atoms with Crippen LogP contribution < -0.4 is 5.73 Å². The maximum Gasteiger partial charge on any atom is 0.402 e. The zero-order chi connectivity index (χ0) is 15.6. The van der Waals surface area contributed by atoms with E-state index in [0.717, 1.165) is 7.05 Å². The van der Waals surface area contributed by atoms with Crippen molar-refractivity contribution >= 4 is 27.2 Å². The van der Waals surface area contributed by atoms with Gasteiger partial charge < -0.3 is 5.73 Å². The van der Waals surface area contributed by atoms with Gasteiger partial charge in [-0.25, -0.2) is 8.42 Å². The van der Waals surface area contributed by atoms with Gasteiger partial charge in [-0.05, 0) is 11.6 Å². The molecule has 0 bridgehead atoms. The number of thiocarbonyl (C=S) groups is 1. The molecule has 0 saturated carbocycles. The minimum atomic E-state index is -4.58. The van der Waals surface area contributed by atoms with Crippen LogP contribution in [0.5, 0.6) is 0 Å². The molecule has 1 rings (SSSR count). The van der Waals surface area contributed by atoms with E-state index in [0.29, 0.717) is 11.1 Å². The van der Waals surface area contributed by atoms with E-state index in [-0.39, 0.29) is 9.29 Å². The van der Waals surface area contributed by atoms with Gasteiger partial charge in [0, 0.05) is 12.6 Å². The molecule has 0 aliphatic heterocycles. The molecule has 1 aromatic rings. The third-order valence-corrected chi connectivity index (χ3v) is 4.45. The quantitative estimate of drug-likeness (QED) is 0.836. The Morgan fingerprint density at radius 2 is 2.00 bits per heavy atom. The van der Waals surface area contributed by atoms with Crippen molar-refractivity contribution in [3.8, 4) is 0 Å². The van der Waals surface area contributed by atoms with Gasteiger partial charge in [0.05, 0.1) is 5.75 Å². The van der Waals surface area contributed by atoms with Crippen molar-refractivity contribution < 1.29 is 21.6 Å². The molecule has 2 N–H and O–H groups in total. The molecule has 0 amide bonds. The highest BCUT2D eigenvalue weighted by atomic mass is 32.2. The molecule has 0 fully saturated rings. The lowest BCUT2D eigenvalue weighted by Gasteiger charge is -2.18. The molecule has 112 valence electrons. The highest BCUT2D eigenvalue weighted by Gasteiger charge is 2.34. The first-order valence-corrected chi connectivity index (χ1v) is 7.42.